The van der Waals surface area contributed by atoms with E-state index in [0.717, 1.165) is 6.07 Å². The fraction of sp³-hybridized carbons (Fsp3) is 0.300. The summed E-state index contributed by atoms with van der Waals surface area (Å²) in [4.78, 5) is 10.6. The van der Waals surface area contributed by atoms with Crippen LogP contribution in [-0.4, -0.2) is 23.7 Å². The number of alkyl halides is 6. The molecular weight excluding hydrogens is 280 g/mol. The van der Waals surface area contributed by atoms with Gasteiger partial charge >= 0.3 is 12.1 Å². The van der Waals surface area contributed by atoms with Crippen molar-refractivity contribution in [1.29, 1.82) is 0 Å². The molecule has 3 N–H and O–H groups in total. The minimum atomic E-state index is -5.91. The lowest BCUT2D eigenvalue weighted by molar-refractivity contribution is -0.274. The number of halogens is 6. The Morgan fingerprint density at radius 2 is 1.68 bits per heavy atom. The molecule has 0 aliphatic heterocycles. The first kappa shape index (κ1) is 15.1. The van der Waals surface area contributed by atoms with E-state index < -0.39 is 41.1 Å². The van der Waals surface area contributed by atoms with E-state index in [1.807, 2.05) is 0 Å². The highest BCUT2D eigenvalue weighted by atomic mass is 19.4. The number of carboxylic acids is 1. The number of carbonyl (C=O) groups is 1. The van der Waals surface area contributed by atoms with E-state index in [1.54, 1.807) is 0 Å². The van der Waals surface area contributed by atoms with Gasteiger partial charge in [-0.1, -0.05) is 0 Å². The molecule has 9 heteroatoms. The number of carboxylic acid groups (broad SMARTS) is 1. The third-order valence-electron chi connectivity index (χ3n) is 2.34. The van der Waals surface area contributed by atoms with Gasteiger partial charge in [0.2, 0.25) is 0 Å². The lowest BCUT2D eigenvalue weighted by Crippen LogP contribution is -2.44. The molecule has 0 aliphatic carbocycles. The number of nitrogens with two attached hydrogens (primary N) is 1. The van der Waals surface area contributed by atoms with Crippen LogP contribution in [0.25, 0.3) is 0 Å². The molecular formula is C10H7F6NO2. The summed E-state index contributed by atoms with van der Waals surface area (Å²) in [6, 6.07) is 1.23. The van der Waals surface area contributed by atoms with Crippen molar-refractivity contribution in [3.8, 4) is 0 Å². The standard InChI is InChI=1S/C10H7F6NO2/c11-8(12)9(13,10(14,15)16)5-1-4(7(18)19)2-6(17)3-5/h1-3,8H,17H2,(H,18,19). The maximum Gasteiger partial charge on any atom is 0.432 e. The first-order chi connectivity index (χ1) is 8.50. The monoisotopic (exact) mass is 287 g/mol. The van der Waals surface area contributed by atoms with E-state index >= 15 is 0 Å². The Hall–Kier alpha value is -1.93. The van der Waals surface area contributed by atoms with Crippen LogP contribution in [0.5, 0.6) is 0 Å². The van der Waals surface area contributed by atoms with Gasteiger partial charge in [-0.3, -0.25) is 0 Å². The molecule has 0 amide bonds. The third-order valence-corrected chi connectivity index (χ3v) is 2.34. The first-order valence-electron chi connectivity index (χ1n) is 4.68. The van der Waals surface area contributed by atoms with Crippen LogP contribution in [0.2, 0.25) is 0 Å². The van der Waals surface area contributed by atoms with Crippen molar-refractivity contribution in [1.82, 2.24) is 0 Å². The lowest BCUT2D eigenvalue weighted by atomic mass is 9.93. The predicted molar refractivity (Wildman–Crippen MR) is 52.7 cm³/mol. The van der Waals surface area contributed by atoms with Gasteiger partial charge in [0.25, 0.3) is 12.1 Å². The summed E-state index contributed by atoms with van der Waals surface area (Å²) in [6.45, 7) is 0. The van der Waals surface area contributed by atoms with E-state index in [4.69, 9.17) is 10.8 Å². The molecule has 0 saturated heterocycles. The summed E-state index contributed by atoms with van der Waals surface area (Å²) in [5, 5.41) is 8.59. The summed E-state index contributed by atoms with van der Waals surface area (Å²) in [7, 11) is 0. The number of hydrogen-bond acceptors (Lipinski definition) is 2. The maximum absolute atomic E-state index is 13.7. The molecule has 0 aliphatic rings. The summed E-state index contributed by atoms with van der Waals surface area (Å²) in [6.07, 6.45) is -10.3. The molecule has 0 bridgehead atoms. The number of aromatic carboxylic acids is 1. The Kier molecular flexibility index (Phi) is 3.69. The Labute approximate surface area is 102 Å². The maximum atomic E-state index is 13.7. The van der Waals surface area contributed by atoms with Gasteiger partial charge in [0.15, 0.2) is 0 Å². The first-order valence-corrected chi connectivity index (χ1v) is 4.68. The van der Waals surface area contributed by atoms with Crippen molar-refractivity contribution in [2.75, 3.05) is 5.73 Å². The van der Waals surface area contributed by atoms with Gasteiger partial charge < -0.3 is 10.8 Å². The summed E-state index contributed by atoms with van der Waals surface area (Å²) in [5.74, 6) is -1.72. The van der Waals surface area contributed by atoms with Gasteiger partial charge in [0.05, 0.1) is 5.56 Å². The van der Waals surface area contributed by atoms with Crippen LogP contribution in [0.15, 0.2) is 18.2 Å². The van der Waals surface area contributed by atoms with Crippen LogP contribution in [0.1, 0.15) is 15.9 Å². The smallest absolute Gasteiger partial charge is 0.432 e. The minimum absolute atomic E-state index is 0.179. The Morgan fingerprint density at radius 3 is 2.05 bits per heavy atom. The van der Waals surface area contributed by atoms with Crippen LogP contribution in [-0.2, 0) is 5.67 Å². The summed E-state index contributed by atoms with van der Waals surface area (Å²) < 4.78 is 75.9. The van der Waals surface area contributed by atoms with Gasteiger partial charge in [-0.25, -0.2) is 18.0 Å². The molecule has 0 aromatic heterocycles. The van der Waals surface area contributed by atoms with Crippen molar-refractivity contribution in [2.45, 2.75) is 18.3 Å². The van der Waals surface area contributed by atoms with E-state index in [0.29, 0.717) is 6.07 Å². The van der Waals surface area contributed by atoms with Crippen LogP contribution >= 0.6 is 0 Å². The van der Waals surface area contributed by atoms with Gasteiger partial charge in [-0.05, 0) is 18.2 Å². The number of nitrogen functional groups attached to an aromatic ring is 1. The lowest BCUT2D eigenvalue weighted by Gasteiger charge is -2.27. The number of anilines is 1. The predicted octanol–water partition coefficient (Wildman–Crippen LogP) is 2.96. The molecule has 0 heterocycles. The summed E-state index contributed by atoms with van der Waals surface area (Å²) >= 11 is 0. The van der Waals surface area contributed by atoms with Crippen LogP contribution in [0.3, 0.4) is 0 Å². The van der Waals surface area contributed by atoms with Crippen molar-refractivity contribution in [2.24, 2.45) is 0 Å². The normalized spacial score (nSPS) is 15.3. The molecule has 0 radical (unpaired) electrons. The molecule has 106 valence electrons. The zero-order valence-electron chi connectivity index (χ0n) is 9.01. The van der Waals surface area contributed by atoms with Crippen molar-refractivity contribution in [3.05, 3.63) is 29.3 Å². The molecule has 1 unspecified atom stereocenters. The topological polar surface area (TPSA) is 63.3 Å². The van der Waals surface area contributed by atoms with E-state index in [2.05, 4.69) is 0 Å². The van der Waals surface area contributed by atoms with Crippen molar-refractivity contribution in [3.63, 3.8) is 0 Å². The SMILES string of the molecule is Nc1cc(C(=O)O)cc(C(F)(C(F)F)C(F)(F)F)c1. The average molecular weight is 287 g/mol. The highest BCUT2D eigenvalue weighted by Crippen LogP contribution is 2.47. The molecule has 1 aromatic carbocycles. The second kappa shape index (κ2) is 4.63. The second-order valence-corrected chi connectivity index (χ2v) is 3.66. The van der Waals surface area contributed by atoms with E-state index in [-0.39, 0.29) is 6.07 Å². The quantitative estimate of drug-likeness (QED) is 0.663. The highest BCUT2D eigenvalue weighted by molar-refractivity contribution is 5.89. The van der Waals surface area contributed by atoms with Gasteiger partial charge in [0.1, 0.15) is 0 Å². The minimum Gasteiger partial charge on any atom is -0.478 e. The van der Waals surface area contributed by atoms with Crippen LogP contribution < -0.4 is 5.73 Å². The van der Waals surface area contributed by atoms with Gasteiger partial charge in [-0.2, -0.15) is 13.2 Å². The van der Waals surface area contributed by atoms with E-state index in [1.165, 1.54) is 0 Å². The fourth-order valence-electron chi connectivity index (χ4n) is 1.40. The van der Waals surface area contributed by atoms with E-state index in [9.17, 15) is 31.1 Å². The number of hydrogen-bond donors (Lipinski definition) is 2. The zero-order chi connectivity index (χ0) is 15.0. The average Bonchev–Trinajstić information content (AvgIpc) is 2.24. The Balaban J connectivity index is 3.53. The highest BCUT2D eigenvalue weighted by Gasteiger charge is 2.64. The third kappa shape index (κ3) is 2.59. The van der Waals surface area contributed by atoms with Crippen LogP contribution in [0.4, 0.5) is 32.0 Å². The zero-order valence-corrected chi connectivity index (χ0v) is 9.01. The molecule has 1 atom stereocenters. The van der Waals surface area contributed by atoms with Crippen molar-refractivity contribution >= 4 is 11.7 Å². The summed E-state index contributed by atoms with van der Waals surface area (Å²) in [5.41, 5.74) is -2.82. The Bertz CT molecular complexity index is 501. The largest absolute Gasteiger partial charge is 0.478 e. The second-order valence-electron chi connectivity index (χ2n) is 3.66. The molecule has 0 spiro atoms. The fourth-order valence-corrected chi connectivity index (χ4v) is 1.40. The Morgan fingerprint density at radius 1 is 1.16 bits per heavy atom. The molecule has 0 saturated carbocycles. The van der Waals surface area contributed by atoms with Gasteiger partial charge in [0, 0.05) is 11.3 Å². The van der Waals surface area contributed by atoms with Crippen LogP contribution in [0, 0.1) is 0 Å². The molecule has 19 heavy (non-hydrogen) atoms. The molecule has 0 fully saturated rings. The van der Waals surface area contributed by atoms with Crippen molar-refractivity contribution < 1.29 is 36.2 Å². The molecule has 1 rings (SSSR count). The molecule has 3 nitrogen and oxygen atoms in total. The molecule has 1 aromatic rings. The number of rotatable bonds is 3. The number of benzene rings is 1. The van der Waals surface area contributed by atoms with Gasteiger partial charge in [-0.15, -0.1) is 0 Å².